The standard InChI is InChI=1S/C11H20N2O3/c1-2-12-7-10(14)13-6-8-4-3-5-9(8)11(15)16/h8-9,12H,2-7H2,1H3,(H,13,14)(H,15,16). The van der Waals surface area contributed by atoms with Gasteiger partial charge in [0.1, 0.15) is 0 Å². The van der Waals surface area contributed by atoms with E-state index in [0.29, 0.717) is 13.1 Å². The average Bonchev–Trinajstić information content (AvgIpc) is 2.71. The Morgan fingerprint density at radius 2 is 2.12 bits per heavy atom. The molecular weight excluding hydrogens is 208 g/mol. The molecule has 1 aliphatic rings. The van der Waals surface area contributed by atoms with Gasteiger partial charge in [0, 0.05) is 6.54 Å². The van der Waals surface area contributed by atoms with Crippen LogP contribution in [-0.4, -0.2) is 36.6 Å². The highest BCUT2D eigenvalue weighted by molar-refractivity contribution is 5.78. The fourth-order valence-electron chi connectivity index (χ4n) is 2.15. The van der Waals surface area contributed by atoms with Gasteiger partial charge < -0.3 is 15.7 Å². The van der Waals surface area contributed by atoms with E-state index in [1.54, 1.807) is 0 Å². The summed E-state index contributed by atoms with van der Waals surface area (Å²) in [6.45, 7) is 3.49. The molecule has 0 bridgehead atoms. The topological polar surface area (TPSA) is 78.4 Å². The van der Waals surface area contributed by atoms with Crippen LogP contribution in [0.3, 0.4) is 0 Å². The number of rotatable bonds is 6. The fraction of sp³-hybridized carbons (Fsp3) is 0.818. The fourth-order valence-corrected chi connectivity index (χ4v) is 2.15. The van der Waals surface area contributed by atoms with E-state index in [9.17, 15) is 9.59 Å². The molecule has 92 valence electrons. The smallest absolute Gasteiger partial charge is 0.306 e. The lowest BCUT2D eigenvalue weighted by atomic mass is 9.96. The minimum Gasteiger partial charge on any atom is -0.481 e. The van der Waals surface area contributed by atoms with Crippen molar-refractivity contribution in [1.82, 2.24) is 10.6 Å². The van der Waals surface area contributed by atoms with E-state index in [1.165, 1.54) is 0 Å². The van der Waals surface area contributed by atoms with E-state index < -0.39 is 5.97 Å². The summed E-state index contributed by atoms with van der Waals surface area (Å²) < 4.78 is 0. The summed E-state index contributed by atoms with van der Waals surface area (Å²) in [6.07, 6.45) is 2.59. The minimum absolute atomic E-state index is 0.0575. The van der Waals surface area contributed by atoms with Crippen LogP contribution in [0.15, 0.2) is 0 Å². The number of amides is 1. The van der Waals surface area contributed by atoms with Crippen LogP contribution in [0.5, 0.6) is 0 Å². The first kappa shape index (κ1) is 13.0. The highest BCUT2D eigenvalue weighted by atomic mass is 16.4. The van der Waals surface area contributed by atoms with Crippen LogP contribution in [0.1, 0.15) is 26.2 Å². The van der Waals surface area contributed by atoms with Gasteiger partial charge in [-0.05, 0) is 25.3 Å². The van der Waals surface area contributed by atoms with Gasteiger partial charge in [0.25, 0.3) is 0 Å². The van der Waals surface area contributed by atoms with Crippen molar-refractivity contribution in [2.24, 2.45) is 11.8 Å². The molecule has 1 rings (SSSR count). The molecule has 1 aliphatic carbocycles. The lowest BCUT2D eigenvalue weighted by Gasteiger charge is -2.16. The first-order valence-corrected chi connectivity index (χ1v) is 5.85. The van der Waals surface area contributed by atoms with Crippen LogP contribution >= 0.6 is 0 Å². The SMILES string of the molecule is CCNCC(=O)NCC1CCCC1C(=O)O. The molecule has 16 heavy (non-hydrogen) atoms. The highest BCUT2D eigenvalue weighted by Gasteiger charge is 2.32. The maximum atomic E-state index is 11.3. The molecule has 0 saturated heterocycles. The number of hydrogen-bond donors (Lipinski definition) is 3. The van der Waals surface area contributed by atoms with Crippen LogP contribution in [0.25, 0.3) is 0 Å². The van der Waals surface area contributed by atoms with Crippen LogP contribution < -0.4 is 10.6 Å². The van der Waals surface area contributed by atoms with Gasteiger partial charge in [-0.3, -0.25) is 9.59 Å². The zero-order valence-corrected chi connectivity index (χ0v) is 9.66. The van der Waals surface area contributed by atoms with E-state index in [1.807, 2.05) is 6.92 Å². The van der Waals surface area contributed by atoms with Crippen LogP contribution in [0.4, 0.5) is 0 Å². The second kappa shape index (κ2) is 6.48. The van der Waals surface area contributed by atoms with Crippen LogP contribution in [0, 0.1) is 11.8 Å². The van der Waals surface area contributed by atoms with Crippen molar-refractivity contribution < 1.29 is 14.7 Å². The largest absolute Gasteiger partial charge is 0.481 e. The summed E-state index contributed by atoms with van der Waals surface area (Å²) in [5, 5.41) is 14.7. The normalized spacial score (nSPS) is 24.3. The Balaban J connectivity index is 2.26. The molecule has 0 heterocycles. The molecule has 0 aliphatic heterocycles. The second-order valence-electron chi connectivity index (χ2n) is 4.22. The molecule has 3 N–H and O–H groups in total. The maximum Gasteiger partial charge on any atom is 0.306 e. The Hall–Kier alpha value is -1.10. The summed E-state index contributed by atoms with van der Waals surface area (Å²) in [7, 11) is 0. The predicted molar refractivity (Wildman–Crippen MR) is 60.0 cm³/mol. The van der Waals surface area contributed by atoms with Gasteiger partial charge in [0.15, 0.2) is 0 Å². The molecule has 1 fully saturated rings. The second-order valence-corrected chi connectivity index (χ2v) is 4.22. The van der Waals surface area contributed by atoms with Gasteiger partial charge in [-0.15, -0.1) is 0 Å². The Morgan fingerprint density at radius 3 is 2.75 bits per heavy atom. The molecule has 0 aromatic heterocycles. The number of carbonyl (C=O) groups excluding carboxylic acids is 1. The average molecular weight is 228 g/mol. The van der Waals surface area contributed by atoms with E-state index in [-0.39, 0.29) is 17.7 Å². The first-order chi connectivity index (χ1) is 7.65. The molecular formula is C11H20N2O3. The van der Waals surface area contributed by atoms with Gasteiger partial charge in [0.2, 0.25) is 5.91 Å². The summed E-state index contributed by atoms with van der Waals surface area (Å²) in [5.74, 6) is -0.969. The number of aliphatic carboxylic acids is 1. The number of nitrogens with one attached hydrogen (secondary N) is 2. The lowest BCUT2D eigenvalue weighted by Crippen LogP contribution is -2.38. The molecule has 2 atom stereocenters. The molecule has 1 saturated carbocycles. The van der Waals surface area contributed by atoms with Gasteiger partial charge in [0.05, 0.1) is 12.5 Å². The Kier molecular flexibility index (Phi) is 5.25. The number of carboxylic acid groups (broad SMARTS) is 1. The zero-order chi connectivity index (χ0) is 12.0. The third kappa shape index (κ3) is 3.81. The molecule has 0 spiro atoms. The van der Waals surface area contributed by atoms with E-state index in [0.717, 1.165) is 25.8 Å². The Labute approximate surface area is 95.6 Å². The van der Waals surface area contributed by atoms with Gasteiger partial charge in [-0.1, -0.05) is 13.3 Å². The Morgan fingerprint density at radius 1 is 1.38 bits per heavy atom. The van der Waals surface area contributed by atoms with E-state index in [2.05, 4.69) is 10.6 Å². The molecule has 0 radical (unpaired) electrons. The van der Waals surface area contributed by atoms with Crippen LogP contribution in [-0.2, 0) is 9.59 Å². The van der Waals surface area contributed by atoms with Crippen molar-refractivity contribution in [3.8, 4) is 0 Å². The van der Waals surface area contributed by atoms with E-state index >= 15 is 0 Å². The highest BCUT2D eigenvalue weighted by Crippen LogP contribution is 2.31. The Bertz CT molecular complexity index is 256. The first-order valence-electron chi connectivity index (χ1n) is 5.85. The number of carbonyl (C=O) groups is 2. The monoisotopic (exact) mass is 228 g/mol. The van der Waals surface area contributed by atoms with Crippen molar-refractivity contribution in [1.29, 1.82) is 0 Å². The van der Waals surface area contributed by atoms with Gasteiger partial charge in [-0.25, -0.2) is 0 Å². The van der Waals surface area contributed by atoms with Crippen LogP contribution in [0.2, 0.25) is 0 Å². The lowest BCUT2D eigenvalue weighted by molar-refractivity contribution is -0.143. The molecule has 1 amide bonds. The molecule has 0 aromatic carbocycles. The summed E-state index contributed by atoms with van der Waals surface area (Å²) in [4.78, 5) is 22.2. The third-order valence-corrected chi connectivity index (χ3v) is 3.07. The van der Waals surface area contributed by atoms with Crippen molar-refractivity contribution >= 4 is 11.9 Å². The molecule has 0 aromatic rings. The molecule has 2 unspecified atom stereocenters. The maximum absolute atomic E-state index is 11.3. The van der Waals surface area contributed by atoms with Gasteiger partial charge >= 0.3 is 5.97 Å². The van der Waals surface area contributed by atoms with Crippen molar-refractivity contribution in [2.45, 2.75) is 26.2 Å². The van der Waals surface area contributed by atoms with Crippen molar-refractivity contribution in [3.05, 3.63) is 0 Å². The summed E-state index contributed by atoms with van der Waals surface area (Å²) in [5.41, 5.74) is 0. The quantitative estimate of drug-likeness (QED) is 0.607. The van der Waals surface area contributed by atoms with Crippen molar-refractivity contribution in [3.63, 3.8) is 0 Å². The minimum atomic E-state index is -0.733. The molecule has 5 heteroatoms. The molecule has 5 nitrogen and oxygen atoms in total. The number of likely N-dealkylation sites (N-methyl/N-ethyl adjacent to an activating group) is 1. The third-order valence-electron chi connectivity index (χ3n) is 3.07. The van der Waals surface area contributed by atoms with Gasteiger partial charge in [-0.2, -0.15) is 0 Å². The predicted octanol–water partition coefficient (Wildman–Crippen LogP) is 0.213. The summed E-state index contributed by atoms with van der Waals surface area (Å²) in [6, 6.07) is 0. The van der Waals surface area contributed by atoms with Crippen molar-refractivity contribution in [2.75, 3.05) is 19.6 Å². The zero-order valence-electron chi connectivity index (χ0n) is 9.66. The van der Waals surface area contributed by atoms with E-state index in [4.69, 9.17) is 5.11 Å². The number of hydrogen-bond acceptors (Lipinski definition) is 3. The summed E-state index contributed by atoms with van der Waals surface area (Å²) >= 11 is 0. The number of carboxylic acids is 1.